The molecule has 0 saturated heterocycles. The number of carbonyl (C=O) groups is 2. The first-order valence-corrected chi connectivity index (χ1v) is 6.11. The molecule has 0 aromatic carbocycles. The summed E-state index contributed by atoms with van der Waals surface area (Å²) in [4.78, 5) is 22.5. The van der Waals surface area contributed by atoms with Gasteiger partial charge in [-0.05, 0) is 24.7 Å². The quantitative estimate of drug-likeness (QED) is 0.616. The van der Waals surface area contributed by atoms with Crippen molar-refractivity contribution < 1.29 is 19.8 Å². The first-order chi connectivity index (χ1) is 7.90. The lowest BCUT2D eigenvalue weighted by molar-refractivity contribution is -0.143. The summed E-state index contributed by atoms with van der Waals surface area (Å²) in [5.74, 6) is -0.991. The van der Waals surface area contributed by atoms with E-state index in [1.165, 1.54) is 0 Å². The number of aliphatic hydroxyl groups excluding tert-OH is 1. The molecule has 0 aromatic heterocycles. The summed E-state index contributed by atoms with van der Waals surface area (Å²) in [6.45, 7) is 3.80. The summed E-state index contributed by atoms with van der Waals surface area (Å²) in [6.07, 6.45) is 1.77. The predicted octanol–water partition coefficient (Wildman–Crippen LogP) is 0.763. The van der Waals surface area contributed by atoms with Crippen molar-refractivity contribution in [1.82, 2.24) is 5.32 Å². The highest BCUT2D eigenvalue weighted by molar-refractivity contribution is 5.86. The predicted molar refractivity (Wildman–Crippen MR) is 62.4 cm³/mol. The van der Waals surface area contributed by atoms with E-state index >= 15 is 0 Å². The van der Waals surface area contributed by atoms with E-state index in [0.717, 1.165) is 12.8 Å². The highest BCUT2D eigenvalue weighted by atomic mass is 16.4. The fourth-order valence-electron chi connectivity index (χ4n) is 1.73. The minimum absolute atomic E-state index is 0.197. The van der Waals surface area contributed by atoms with Crippen LogP contribution in [0.5, 0.6) is 0 Å². The fourth-order valence-corrected chi connectivity index (χ4v) is 1.73. The van der Waals surface area contributed by atoms with Gasteiger partial charge >= 0.3 is 5.97 Å². The maximum atomic E-state index is 11.6. The Bertz CT molecular complexity index is 286. The van der Waals surface area contributed by atoms with Crippen LogP contribution in [0.1, 0.15) is 39.5 Å². The summed E-state index contributed by atoms with van der Waals surface area (Å²) in [7, 11) is 0. The Morgan fingerprint density at radius 2 is 1.94 bits per heavy atom. The van der Waals surface area contributed by atoms with E-state index < -0.39 is 24.0 Å². The van der Waals surface area contributed by atoms with Crippen molar-refractivity contribution in [3.8, 4) is 0 Å². The Balaban J connectivity index is 2.41. The maximum Gasteiger partial charge on any atom is 0.326 e. The minimum Gasteiger partial charge on any atom is -0.480 e. The number of carboxylic acid groups (broad SMARTS) is 1. The number of carbonyl (C=O) groups excluding carboxylic acids is 1. The molecule has 0 aromatic rings. The zero-order valence-corrected chi connectivity index (χ0v) is 10.3. The average Bonchev–Trinajstić information content (AvgIpc) is 2.99. The van der Waals surface area contributed by atoms with Crippen LogP contribution in [0.3, 0.4) is 0 Å². The van der Waals surface area contributed by atoms with Crippen LogP contribution in [-0.4, -0.2) is 34.2 Å². The van der Waals surface area contributed by atoms with Gasteiger partial charge in [0.15, 0.2) is 0 Å². The molecule has 3 N–H and O–H groups in total. The first kappa shape index (κ1) is 14.0. The molecule has 2 atom stereocenters. The Labute approximate surface area is 101 Å². The van der Waals surface area contributed by atoms with E-state index in [2.05, 4.69) is 5.32 Å². The number of aliphatic carboxylic acids is 1. The Morgan fingerprint density at radius 1 is 1.35 bits per heavy atom. The first-order valence-electron chi connectivity index (χ1n) is 6.11. The lowest BCUT2D eigenvalue weighted by Gasteiger charge is -2.18. The normalized spacial score (nSPS) is 18.8. The monoisotopic (exact) mass is 243 g/mol. The molecule has 1 aliphatic carbocycles. The molecule has 1 rings (SSSR count). The van der Waals surface area contributed by atoms with Crippen molar-refractivity contribution in [2.24, 2.45) is 11.8 Å². The molecule has 1 fully saturated rings. The van der Waals surface area contributed by atoms with Gasteiger partial charge in [-0.3, -0.25) is 4.79 Å². The molecule has 0 unspecified atom stereocenters. The van der Waals surface area contributed by atoms with Crippen LogP contribution < -0.4 is 5.32 Å². The number of carboxylic acids is 1. The van der Waals surface area contributed by atoms with Crippen LogP contribution >= 0.6 is 0 Å². The summed E-state index contributed by atoms with van der Waals surface area (Å²) < 4.78 is 0. The third kappa shape index (κ3) is 5.17. The van der Waals surface area contributed by atoms with E-state index in [1.807, 2.05) is 13.8 Å². The SMILES string of the molecule is CC(C)C[C@@H](O)C(=O)N[C@H](CC1CC1)C(=O)O. The second kappa shape index (κ2) is 6.00. The molecule has 5 heteroatoms. The van der Waals surface area contributed by atoms with Gasteiger partial charge in [-0.15, -0.1) is 0 Å². The number of nitrogens with one attached hydrogen (secondary N) is 1. The van der Waals surface area contributed by atoms with Gasteiger partial charge < -0.3 is 15.5 Å². The van der Waals surface area contributed by atoms with Gasteiger partial charge in [-0.25, -0.2) is 4.79 Å². The third-order valence-corrected chi connectivity index (χ3v) is 2.88. The van der Waals surface area contributed by atoms with Gasteiger partial charge in [0.25, 0.3) is 0 Å². The number of amides is 1. The molecule has 98 valence electrons. The van der Waals surface area contributed by atoms with Crippen LogP contribution in [-0.2, 0) is 9.59 Å². The van der Waals surface area contributed by atoms with Crippen molar-refractivity contribution in [1.29, 1.82) is 0 Å². The van der Waals surface area contributed by atoms with Crippen LogP contribution in [0.25, 0.3) is 0 Å². The van der Waals surface area contributed by atoms with Crippen LogP contribution in [0, 0.1) is 11.8 Å². The molecule has 5 nitrogen and oxygen atoms in total. The van der Waals surface area contributed by atoms with E-state index in [0.29, 0.717) is 18.8 Å². The summed E-state index contributed by atoms with van der Waals surface area (Å²) in [6, 6.07) is -0.864. The van der Waals surface area contributed by atoms with Gasteiger partial charge in [0.1, 0.15) is 12.1 Å². The van der Waals surface area contributed by atoms with Crippen LogP contribution in [0.2, 0.25) is 0 Å². The Kier molecular flexibility index (Phi) is 4.93. The number of aliphatic hydroxyl groups is 1. The van der Waals surface area contributed by atoms with Crippen molar-refractivity contribution in [2.45, 2.75) is 51.7 Å². The van der Waals surface area contributed by atoms with E-state index in [-0.39, 0.29) is 5.92 Å². The number of hydrogen-bond donors (Lipinski definition) is 3. The molecule has 1 saturated carbocycles. The van der Waals surface area contributed by atoms with Crippen molar-refractivity contribution >= 4 is 11.9 Å². The molecule has 0 spiro atoms. The van der Waals surface area contributed by atoms with Crippen LogP contribution in [0.15, 0.2) is 0 Å². The second-order valence-corrected chi connectivity index (χ2v) is 5.22. The third-order valence-electron chi connectivity index (χ3n) is 2.88. The molecule has 0 radical (unpaired) electrons. The van der Waals surface area contributed by atoms with Crippen molar-refractivity contribution in [2.75, 3.05) is 0 Å². The molecule has 0 bridgehead atoms. The number of rotatable bonds is 7. The van der Waals surface area contributed by atoms with E-state index in [4.69, 9.17) is 5.11 Å². The van der Waals surface area contributed by atoms with Crippen molar-refractivity contribution in [3.63, 3.8) is 0 Å². The zero-order valence-electron chi connectivity index (χ0n) is 10.3. The van der Waals surface area contributed by atoms with Gasteiger partial charge in [0.2, 0.25) is 5.91 Å². The van der Waals surface area contributed by atoms with Crippen molar-refractivity contribution in [3.05, 3.63) is 0 Å². The second-order valence-electron chi connectivity index (χ2n) is 5.22. The molecule has 1 amide bonds. The zero-order chi connectivity index (χ0) is 13.0. The molecule has 0 heterocycles. The molecule has 1 aliphatic rings. The lowest BCUT2D eigenvalue weighted by Crippen LogP contribution is -2.46. The maximum absolute atomic E-state index is 11.6. The highest BCUT2D eigenvalue weighted by Gasteiger charge is 2.31. The van der Waals surface area contributed by atoms with E-state index in [9.17, 15) is 14.7 Å². The fraction of sp³-hybridized carbons (Fsp3) is 0.833. The van der Waals surface area contributed by atoms with Gasteiger partial charge in [-0.1, -0.05) is 26.7 Å². The van der Waals surface area contributed by atoms with Crippen LogP contribution in [0.4, 0.5) is 0 Å². The summed E-state index contributed by atoms with van der Waals surface area (Å²) in [5.41, 5.74) is 0. The highest BCUT2D eigenvalue weighted by Crippen LogP contribution is 2.33. The van der Waals surface area contributed by atoms with Gasteiger partial charge in [0, 0.05) is 0 Å². The topological polar surface area (TPSA) is 86.6 Å². The summed E-state index contributed by atoms with van der Waals surface area (Å²) >= 11 is 0. The smallest absolute Gasteiger partial charge is 0.326 e. The average molecular weight is 243 g/mol. The molecular weight excluding hydrogens is 222 g/mol. The number of hydrogen-bond acceptors (Lipinski definition) is 3. The van der Waals surface area contributed by atoms with E-state index in [1.54, 1.807) is 0 Å². The summed E-state index contributed by atoms with van der Waals surface area (Å²) in [5, 5.41) is 20.9. The lowest BCUT2D eigenvalue weighted by atomic mass is 10.0. The molecule has 17 heavy (non-hydrogen) atoms. The molecular formula is C12H21NO4. The largest absolute Gasteiger partial charge is 0.480 e. The minimum atomic E-state index is -1.11. The van der Waals surface area contributed by atoms with Gasteiger partial charge in [-0.2, -0.15) is 0 Å². The Hall–Kier alpha value is -1.10. The standard InChI is InChI=1S/C12H21NO4/c1-7(2)5-10(14)11(15)13-9(12(16)17)6-8-3-4-8/h7-10,14H,3-6H2,1-2H3,(H,13,15)(H,16,17)/t9-,10-/m1/s1. The Morgan fingerprint density at radius 3 is 2.35 bits per heavy atom. The molecule has 0 aliphatic heterocycles. The van der Waals surface area contributed by atoms with Gasteiger partial charge in [0.05, 0.1) is 0 Å².